The molecule has 0 unspecified atom stereocenters. The standard InChI is InChI=1S/C17H23N3OS/c1-3-18-17(20-12-16-8-5-9-22-16)19-11-14-6-4-7-15(10-14)13-21-2/h4-10H,3,11-13H2,1-2H3,(H2,18,19,20). The van der Waals surface area contributed by atoms with E-state index in [0.29, 0.717) is 13.2 Å². The molecule has 2 aromatic rings. The van der Waals surface area contributed by atoms with Gasteiger partial charge in [-0.05, 0) is 29.5 Å². The summed E-state index contributed by atoms with van der Waals surface area (Å²) in [6, 6.07) is 12.5. The molecule has 1 heterocycles. The molecule has 0 aliphatic carbocycles. The van der Waals surface area contributed by atoms with Crippen LogP contribution in [0.3, 0.4) is 0 Å². The van der Waals surface area contributed by atoms with Gasteiger partial charge in [-0.3, -0.25) is 0 Å². The van der Waals surface area contributed by atoms with E-state index in [2.05, 4.69) is 58.3 Å². The van der Waals surface area contributed by atoms with Crippen LogP contribution in [-0.2, 0) is 24.4 Å². The molecule has 0 saturated carbocycles. The first-order valence-corrected chi connectivity index (χ1v) is 8.31. The zero-order valence-corrected chi connectivity index (χ0v) is 14.0. The molecule has 0 spiro atoms. The minimum Gasteiger partial charge on any atom is -0.380 e. The fourth-order valence-electron chi connectivity index (χ4n) is 2.08. The van der Waals surface area contributed by atoms with Gasteiger partial charge in [0, 0.05) is 18.5 Å². The lowest BCUT2D eigenvalue weighted by Gasteiger charge is -2.10. The predicted molar refractivity (Wildman–Crippen MR) is 93.1 cm³/mol. The van der Waals surface area contributed by atoms with Gasteiger partial charge < -0.3 is 15.4 Å². The first-order chi connectivity index (χ1) is 10.8. The second-order valence-electron chi connectivity index (χ2n) is 4.88. The van der Waals surface area contributed by atoms with Gasteiger partial charge in [-0.1, -0.05) is 30.3 Å². The van der Waals surface area contributed by atoms with Crippen LogP contribution in [0.15, 0.2) is 46.8 Å². The minimum absolute atomic E-state index is 0.633. The van der Waals surface area contributed by atoms with Crippen molar-refractivity contribution in [1.82, 2.24) is 10.6 Å². The zero-order chi connectivity index (χ0) is 15.6. The minimum atomic E-state index is 0.633. The van der Waals surface area contributed by atoms with E-state index in [1.54, 1.807) is 18.4 Å². The summed E-state index contributed by atoms with van der Waals surface area (Å²) >= 11 is 1.75. The number of thiophene rings is 1. The molecule has 0 aliphatic rings. The number of guanidine groups is 1. The number of aliphatic imine (C=N–C) groups is 1. The molecule has 0 bridgehead atoms. The number of ether oxygens (including phenoxy) is 1. The van der Waals surface area contributed by atoms with Crippen LogP contribution >= 0.6 is 11.3 Å². The highest BCUT2D eigenvalue weighted by Gasteiger charge is 2.00. The van der Waals surface area contributed by atoms with Crippen molar-refractivity contribution in [2.75, 3.05) is 13.7 Å². The Bertz CT molecular complexity index is 581. The molecule has 1 aromatic carbocycles. The molecule has 22 heavy (non-hydrogen) atoms. The van der Waals surface area contributed by atoms with Gasteiger partial charge in [0.15, 0.2) is 5.96 Å². The Morgan fingerprint density at radius 1 is 1.18 bits per heavy atom. The van der Waals surface area contributed by atoms with E-state index in [1.165, 1.54) is 16.0 Å². The average molecular weight is 317 g/mol. The lowest BCUT2D eigenvalue weighted by Crippen LogP contribution is -2.36. The molecule has 0 fully saturated rings. The van der Waals surface area contributed by atoms with Crippen molar-refractivity contribution in [3.05, 3.63) is 57.8 Å². The van der Waals surface area contributed by atoms with Gasteiger partial charge in [0.25, 0.3) is 0 Å². The molecular formula is C17H23N3OS. The summed E-state index contributed by atoms with van der Waals surface area (Å²) in [5.74, 6) is 0.841. The third-order valence-electron chi connectivity index (χ3n) is 3.08. The summed E-state index contributed by atoms with van der Waals surface area (Å²) in [4.78, 5) is 5.94. The second kappa shape index (κ2) is 9.23. The summed E-state index contributed by atoms with van der Waals surface area (Å²) in [7, 11) is 1.71. The fourth-order valence-corrected chi connectivity index (χ4v) is 2.73. The van der Waals surface area contributed by atoms with Crippen molar-refractivity contribution in [2.45, 2.75) is 26.6 Å². The lowest BCUT2D eigenvalue weighted by molar-refractivity contribution is 0.185. The molecule has 0 aliphatic heterocycles. The van der Waals surface area contributed by atoms with Gasteiger partial charge in [-0.2, -0.15) is 0 Å². The highest BCUT2D eigenvalue weighted by atomic mass is 32.1. The summed E-state index contributed by atoms with van der Waals surface area (Å²) in [6.45, 7) is 5.00. The predicted octanol–water partition coefficient (Wildman–Crippen LogP) is 3.15. The van der Waals surface area contributed by atoms with Crippen molar-refractivity contribution in [3.63, 3.8) is 0 Å². The average Bonchev–Trinajstić information content (AvgIpc) is 3.04. The number of hydrogen-bond donors (Lipinski definition) is 2. The van der Waals surface area contributed by atoms with Gasteiger partial charge in [0.1, 0.15) is 0 Å². The zero-order valence-electron chi connectivity index (χ0n) is 13.1. The van der Waals surface area contributed by atoms with Crippen molar-refractivity contribution < 1.29 is 4.74 Å². The van der Waals surface area contributed by atoms with E-state index in [9.17, 15) is 0 Å². The monoisotopic (exact) mass is 317 g/mol. The number of nitrogens with one attached hydrogen (secondary N) is 2. The molecule has 0 radical (unpaired) electrons. The van der Waals surface area contributed by atoms with Crippen LogP contribution in [0.2, 0.25) is 0 Å². The second-order valence-corrected chi connectivity index (χ2v) is 5.91. The Labute approximate surface area is 136 Å². The van der Waals surface area contributed by atoms with Crippen LogP contribution in [0.25, 0.3) is 0 Å². The summed E-state index contributed by atoms with van der Waals surface area (Å²) in [5.41, 5.74) is 2.36. The van der Waals surface area contributed by atoms with Crippen LogP contribution in [0.1, 0.15) is 22.9 Å². The molecule has 118 valence electrons. The van der Waals surface area contributed by atoms with E-state index >= 15 is 0 Å². The molecular weight excluding hydrogens is 294 g/mol. The summed E-state index contributed by atoms with van der Waals surface area (Å²) in [6.07, 6.45) is 0. The largest absolute Gasteiger partial charge is 0.380 e. The molecule has 2 N–H and O–H groups in total. The number of methoxy groups -OCH3 is 1. The Morgan fingerprint density at radius 3 is 2.77 bits per heavy atom. The topological polar surface area (TPSA) is 45.7 Å². The maximum absolute atomic E-state index is 5.17. The maximum Gasteiger partial charge on any atom is 0.191 e. The smallest absolute Gasteiger partial charge is 0.191 e. The normalized spacial score (nSPS) is 11.5. The highest BCUT2D eigenvalue weighted by Crippen LogP contribution is 2.09. The van der Waals surface area contributed by atoms with E-state index < -0.39 is 0 Å². The Balaban J connectivity index is 1.95. The number of hydrogen-bond acceptors (Lipinski definition) is 3. The van der Waals surface area contributed by atoms with Crippen LogP contribution in [-0.4, -0.2) is 19.6 Å². The molecule has 0 amide bonds. The van der Waals surface area contributed by atoms with Crippen molar-refractivity contribution >= 4 is 17.3 Å². The Morgan fingerprint density at radius 2 is 2.05 bits per heavy atom. The van der Waals surface area contributed by atoms with E-state index in [-0.39, 0.29) is 0 Å². The van der Waals surface area contributed by atoms with Crippen molar-refractivity contribution in [2.24, 2.45) is 4.99 Å². The van der Waals surface area contributed by atoms with Gasteiger partial charge >= 0.3 is 0 Å². The number of rotatable bonds is 7. The Kier molecular flexibility index (Phi) is 6.93. The highest BCUT2D eigenvalue weighted by molar-refractivity contribution is 7.09. The maximum atomic E-state index is 5.17. The first kappa shape index (κ1) is 16.5. The third kappa shape index (κ3) is 5.50. The molecule has 5 heteroatoms. The summed E-state index contributed by atoms with van der Waals surface area (Å²) < 4.78 is 5.17. The lowest BCUT2D eigenvalue weighted by atomic mass is 10.1. The molecule has 4 nitrogen and oxygen atoms in total. The molecule has 0 saturated heterocycles. The third-order valence-corrected chi connectivity index (χ3v) is 3.95. The number of nitrogens with zero attached hydrogens (tertiary/aromatic N) is 1. The SMILES string of the molecule is CCNC(=NCc1cccc(COC)c1)NCc1cccs1. The van der Waals surface area contributed by atoms with Gasteiger partial charge in [0.05, 0.1) is 19.7 Å². The van der Waals surface area contributed by atoms with Gasteiger partial charge in [0.2, 0.25) is 0 Å². The van der Waals surface area contributed by atoms with Crippen molar-refractivity contribution in [3.8, 4) is 0 Å². The van der Waals surface area contributed by atoms with E-state index in [4.69, 9.17) is 4.74 Å². The Hall–Kier alpha value is -1.85. The summed E-state index contributed by atoms with van der Waals surface area (Å²) in [5, 5.41) is 8.72. The van der Waals surface area contributed by atoms with E-state index in [0.717, 1.165) is 19.0 Å². The van der Waals surface area contributed by atoms with Crippen LogP contribution < -0.4 is 10.6 Å². The van der Waals surface area contributed by atoms with Gasteiger partial charge in [-0.25, -0.2) is 4.99 Å². The molecule has 0 atom stereocenters. The molecule has 1 aromatic heterocycles. The molecule has 2 rings (SSSR count). The van der Waals surface area contributed by atoms with Crippen LogP contribution in [0, 0.1) is 0 Å². The first-order valence-electron chi connectivity index (χ1n) is 7.43. The number of benzene rings is 1. The van der Waals surface area contributed by atoms with Crippen LogP contribution in [0.5, 0.6) is 0 Å². The fraction of sp³-hybridized carbons (Fsp3) is 0.353. The van der Waals surface area contributed by atoms with Crippen LogP contribution in [0.4, 0.5) is 0 Å². The van der Waals surface area contributed by atoms with E-state index in [1.807, 2.05) is 6.07 Å². The van der Waals surface area contributed by atoms with Gasteiger partial charge in [-0.15, -0.1) is 11.3 Å². The quantitative estimate of drug-likeness (QED) is 0.609. The van der Waals surface area contributed by atoms with Crippen molar-refractivity contribution in [1.29, 1.82) is 0 Å².